The van der Waals surface area contributed by atoms with Crippen molar-refractivity contribution in [1.82, 2.24) is 9.91 Å². The van der Waals surface area contributed by atoms with Gasteiger partial charge in [-0.3, -0.25) is 9.59 Å². The van der Waals surface area contributed by atoms with Gasteiger partial charge in [0.15, 0.2) is 0 Å². The average Bonchev–Trinajstić information content (AvgIpc) is 3.23. The number of amides is 2. The van der Waals surface area contributed by atoms with Gasteiger partial charge in [-0.15, -0.1) is 0 Å². The van der Waals surface area contributed by atoms with Gasteiger partial charge in [0.25, 0.3) is 5.91 Å². The molecule has 0 aromatic rings. The summed E-state index contributed by atoms with van der Waals surface area (Å²) in [5.74, 6) is -1.23. The van der Waals surface area contributed by atoms with Crippen LogP contribution in [-0.4, -0.2) is 52.6 Å². The summed E-state index contributed by atoms with van der Waals surface area (Å²) in [6, 6.07) is 0.872. The molecule has 6 nitrogen and oxygen atoms in total. The van der Waals surface area contributed by atoms with Crippen LogP contribution in [0.4, 0.5) is 0 Å². The lowest BCUT2D eigenvalue weighted by molar-refractivity contribution is -0.135. The smallest absolute Gasteiger partial charge is 0.256 e. The summed E-state index contributed by atoms with van der Waals surface area (Å²) in [5.41, 5.74) is 6.43. The van der Waals surface area contributed by atoms with Crippen LogP contribution in [0.5, 0.6) is 0 Å². The van der Waals surface area contributed by atoms with Crippen LogP contribution in [0.3, 0.4) is 0 Å². The third-order valence-electron chi connectivity index (χ3n) is 5.82. The molecule has 1 unspecified atom stereocenters. The van der Waals surface area contributed by atoms with E-state index in [2.05, 4.69) is 10.0 Å². The SMILES string of the molecule is NC(=O)C1=CC=CC2=NN(C3CCN(C4CCCC4)CC3)C(=O)C12. The second-order valence-corrected chi connectivity index (χ2v) is 7.19. The van der Waals surface area contributed by atoms with E-state index in [0.29, 0.717) is 11.3 Å². The van der Waals surface area contributed by atoms with Gasteiger partial charge in [-0.05, 0) is 31.8 Å². The summed E-state index contributed by atoms with van der Waals surface area (Å²) in [6.07, 6.45) is 12.4. The number of piperidine rings is 1. The summed E-state index contributed by atoms with van der Waals surface area (Å²) in [6.45, 7) is 2.06. The van der Waals surface area contributed by atoms with Crippen LogP contribution >= 0.6 is 0 Å². The molecular formula is C18H24N4O2. The van der Waals surface area contributed by atoms with E-state index >= 15 is 0 Å². The fourth-order valence-corrected chi connectivity index (χ4v) is 4.51. The number of fused-ring (bicyclic) bond motifs is 1. The summed E-state index contributed by atoms with van der Waals surface area (Å²) < 4.78 is 0. The van der Waals surface area contributed by atoms with Gasteiger partial charge in [-0.2, -0.15) is 5.10 Å². The van der Waals surface area contributed by atoms with Crippen molar-refractivity contribution in [2.45, 2.75) is 50.6 Å². The molecule has 2 aliphatic carbocycles. The maximum Gasteiger partial charge on any atom is 0.256 e. The molecule has 128 valence electrons. The normalized spacial score (nSPS) is 28.9. The van der Waals surface area contributed by atoms with Crippen LogP contribution in [0.15, 0.2) is 28.9 Å². The highest BCUT2D eigenvalue weighted by Crippen LogP contribution is 2.32. The van der Waals surface area contributed by atoms with Gasteiger partial charge in [-0.25, -0.2) is 5.01 Å². The zero-order valence-electron chi connectivity index (χ0n) is 13.9. The Morgan fingerprint density at radius 3 is 2.50 bits per heavy atom. The first-order chi connectivity index (χ1) is 11.6. The highest BCUT2D eigenvalue weighted by atomic mass is 16.2. The molecular weight excluding hydrogens is 304 g/mol. The number of hydrogen-bond acceptors (Lipinski definition) is 4. The Kier molecular flexibility index (Phi) is 4.00. The van der Waals surface area contributed by atoms with E-state index in [1.54, 1.807) is 17.2 Å². The van der Waals surface area contributed by atoms with Gasteiger partial charge in [-0.1, -0.05) is 25.0 Å². The molecule has 2 fully saturated rings. The van der Waals surface area contributed by atoms with Crippen LogP contribution in [0, 0.1) is 5.92 Å². The lowest BCUT2D eigenvalue weighted by Crippen LogP contribution is -2.47. The molecule has 0 aromatic carbocycles. The first-order valence-corrected chi connectivity index (χ1v) is 8.99. The lowest BCUT2D eigenvalue weighted by Gasteiger charge is -2.38. The molecule has 2 N–H and O–H groups in total. The number of nitrogens with zero attached hydrogens (tertiary/aromatic N) is 3. The highest BCUT2D eigenvalue weighted by Gasteiger charge is 2.43. The predicted octanol–water partition coefficient (Wildman–Crippen LogP) is 1.19. The standard InChI is InChI=1S/C18H24N4O2/c19-17(23)14-6-3-7-15-16(14)18(24)22(20-15)13-8-10-21(11-9-13)12-4-1-2-5-12/h3,6-7,12-13,16H,1-2,4-5,8-11H2,(H2,19,23). The fraction of sp³-hybridized carbons (Fsp3) is 0.611. The average molecular weight is 328 g/mol. The van der Waals surface area contributed by atoms with Gasteiger partial charge in [0, 0.05) is 24.7 Å². The Morgan fingerprint density at radius 1 is 1.12 bits per heavy atom. The maximum atomic E-state index is 12.8. The van der Waals surface area contributed by atoms with Crippen molar-refractivity contribution in [3.05, 3.63) is 23.8 Å². The monoisotopic (exact) mass is 328 g/mol. The first-order valence-electron chi connectivity index (χ1n) is 8.99. The number of hydrazone groups is 1. The van der Waals surface area contributed by atoms with Crippen molar-refractivity contribution in [2.75, 3.05) is 13.1 Å². The summed E-state index contributed by atoms with van der Waals surface area (Å²) in [5, 5.41) is 6.14. The van der Waals surface area contributed by atoms with E-state index in [1.165, 1.54) is 25.7 Å². The Bertz CT molecular complexity index is 637. The van der Waals surface area contributed by atoms with Crippen molar-refractivity contribution in [3.8, 4) is 0 Å². The number of likely N-dealkylation sites (tertiary alicyclic amines) is 1. The Labute approximate surface area is 142 Å². The van der Waals surface area contributed by atoms with E-state index in [0.717, 1.165) is 32.0 Å². The molecule has 4 rings (SSSR count). The molecule has 2 aliphatic heterocycles. The van der Waals surface area contributed by atoms with E-state index < -0.39 is 11.8 Å². The molecule has 2 heterocycles. The molecule has 4 aliphatic rings. The second-order valence-electron chi connectivity index (χ2n) is 7.19. The molecule has 6 heteroatoms. The quantitative estimate of drug-likeness (QED) is 0.845. The molecule has 24 heavy (non-hydrogen) atoms. The van der Waals surface area contributed by atoms with E-state index in [4.69, 9.17) is 5.73 Å². The van der Waals surface area contributed by atoms with Crippen LogP contribution in [0.2, 0.25) is 0 Å². The second kappa shape index (κ2) is 6.16. The molecule has 1 saturated heterocycles. The van der Waals surface area contributed by atoms with E-state index in [9.17, 15) is 9.59 Å². The minimum atomic E-state index is -0.597. The van der Waals surface area contributed by atoms with Crippen molar-refractivity contribution in [1.29, 1.82) is 0 Å². The first kappa shape index (κ1) is 15.6. The Balaban J connectivity index is 1.44. The molecule has 0 spiro atoms. The maximum absolute atomic E-state index is 12.8. The fourth-order valence-electron chi connectivity index (χ4n) is 4.51. The number of rotatable bonds is 3. The topological polar surface area (TPSA) is 79.0 Å². The number of primary amides is 1. The Hall–Kier alpha value is -1.95. The minimum Gasteiger partial charge on any atom is -0.366 e. The minimum absolute atomic E-state index is 0.0984. The molecule has 0 aromatic heterocycles. The molecule has 2 amide bonds. The van der Waals surface area contributed by atoms with Crippen molar-refractivity contribution in [2.24, 2.45) is 16.8 Å². The van der Waals surface area contributed by atoms with Crippen LogP contribution in [-0.2, 0) is 9.59 Å². The van der Waals surface area contributed by atoms with Gasteiger partial charge in [0.2, 0.25) is 5.91 Å². The van der Waals surface area contributed by atoms with E-state index in [1.807, 2.05) is 6.08 Å². The number of carbonyl (C=O) groups is 2. The van der Waals surface area contributed by atoms with Gasteiger partial charge >= 0.3 is 0 Å². The summed E-state index contributed by atoms with van der Waals surface area (Å²) >= 11 is 0. The highest BCUT2D eigenvalue weighted by molar-refractivity contribution is 6.21. The number of hydrogen-bond donors (Lipinski definition) is 1. The van der Waals surface area contributed by atoms with Gasteiger partial charge in [0.05, 0.1) is 11.8 Å². The molecule has 1 atom stereocenters. The third kappa shape index (κ3) is 2.59. The predicted molar refractivity (Wildman–Crippen MR) is 91.0 cm³/mol. The van der Waals surface area contributed by atoms with Crippen LogP contribution in [0.1, 0.15) is 38.5 Å². The van der Waals surface area contributed by atoms with Crippen LogP contribution < -0.4 is 5.73 Å². The molecule has 0 bridgehead atoms. The molecule has 0 radical (unpaired) electrons. The third-order valence-corrected chi connectivity index (χ3v) is 5.82. The summed E-state index contributed by atoms with van der Waals surface area (Å²) in [7, 11) is 0. The number of carbonyl (C=O) groups excluding carboxylic acids is 2. The van der Waals surface area contributed by atoms with E-state index in [-0.39, 0.29) is 11.9 Å². The zero-order chi connectivity index (χ0) is 16.7. The van der Waals surface area contributed by atoms with Crippen molar-refractivity contribution < 1.29 is 9.59 Å². The zero-order valence-corrected chi connectivity index (χ0v) is 13.9. The lowest BCUT2D eigenvalue weighted by atomic mass is 9.89. The molecule has 1 saturated carbocycles. The van der Waals surface area contributed by atoms with Crippen LogP contribution in [0.25, 0.3) is 0 Å². The van der Waals surface area contributed by atoms with Gasteiger partial charge in [0.1, 0.15) is 5.92 Å². The van der Waals surface area contributed by atoms with Crippen molar-refractivity contribution >= 4 is 17.5 Å². The van der Waals surface area contributed by atoms with Gasteiger partial charge < -0.3 is 10.6 Å². The largest absolute Gasteiger partial charge is 0.366 e. The summed E-state index contributed by atoms with van der Waals surface area (Å²) in [4.78, 5) is 27.0. The van der Waals surface area contributed by atoms with Crippen molar-refractivity contribution in [3.63, 3.8) is 0 Å². The Morgan fingerprint density at radius 2 is 1.83 bits per heavy atom. The number of nitrogens with two attached hydrogens (primary N) is 1. The number of allylic oxidation sites excluding steroid dienone is 3.